The second-order valence-corrected chi connectivity index (χ2v) is 10.4. The summed E-state index contributed by atoms with van der Waals surface area (Å²) >= 11 is 0. The standard InChI is InChI=1S/C34H35F3N2O5/c1-21(2)38-29-16-12-24(19-25(29)14-18-32(41)44-6)27-15-11-26(20-28(27)34(35,36)37)33(42)39(22(3)4)30-10-8-7-9-23(30)13-17-31(40)43-5/h7-22,38H,1-6H3/b17-13+,18-14+. The summed E-state index contributed by atoms with van der Waals surface area (Å²) in [4.78, 5) is 38.6. The number of alkyl halides is 3. The zero-order valence-electron chi connectivity index (χ0n) is 25.4. The number of hydrogen-bond acceptors (Lipinski definition) is 6. The number of ether oxygens (including phenoxy) is 2. The molecular weight excluding hydrogens is 573 g/mol. The van der Waals surface area contributed by atoms with Crippen LogP contribution in [0, 0.1) is 0 Å². The van der Waals surface area contributed by atoms with Crippen molar-refractivity contribution in [1.29, 1.82) is 0 Å². The zero-order chi connectivity index (χ0) is 32.6. The molecule has 3 aromatic rings. The minimum Gasteiger partial charge on any atom is -0.466 e. The normalized spacial score (nSPS) is 11.8. The first-order chi connectivity index (χ1) is 20.8. The highest BCUT2D eigenvalue weighted by Gasteiger charge is 2.35. The second-order valence-electron chi connectivity index (χ2n) is 10.4. The van der Waals surface area contributed by atoms with Gasteiger partial charge in [0.25, 0.3) is 5.91 Å². The summed E-state index contributed by atoms with van der Waals surface area (Å²) in [5.41, 5.74) is 0.999. The van der Waals surface area contributed by atoms with Gasteiger partial charge in [-0.1, -0.05) is 30.3 Å². The largest absolute Gasteiger partial charge is 0.466 e. The maximum atomic E-state index is 14.5. The number of methoxy groups -OCH3 is 2. The molecule has 1 N–H and O–H groups in total. The maximum absolute atomic E-state index is 14.5. The van der Waals surface area contributed by atoms with Gasteiger partial charge in [-0.3, -0.25) is 4.79 Å². The van der Waals surface area contributed by atoms with E-state index in [0.717, 1.165) is 6.07 Å². The number of nitrogens with zero attached hydrogens (tertiary/aromatic N) is 1. The van der Waals surface area contributed by atoms with E-state index in [9.17, 15) is 27.6 Å². The van der Waals surface area contributed by atoms with Gasteiger partial charge >= 0.3 is 18.1 Å². The molecule has 0 atom stereocenters. The molecule has 0 aliphatic rings. The topological polar surface area (TPSA) is 84.9 Å². The van der Waals surface area contributed by atoms with Crippen molar-refractivity contribution in [3.8, 4) is 11.1 Å². The van der Waals surface area contributed by atoms with Gasteiger partial charge in [0.05, 0.1) is 25.5 Å². The molecule has 0 aliphatic heterocycles. The molecule has 232 valence electrons. The van der Waals surface area contributed by atoms with Gasteiger partial charge in [-0.2, -0.15) is 13.2 Å². The van der Waals surface area contributed by atoms with Gasteiger partial charge in [-0.05, 0) is 92.4 Å². The van der Waals surface area contributed by atoms with Crippen LogP contribution in [0.2, 0.25) is 0 Å². The molecule has 0 fully saturated rings. The average molecular weight is 609 g/mol. The highest BCUT2D eigenvalue weighted by molar-refractivity contribution is 6.08. The quantitative estimate of drug-likeness (QED) is 0.188. The van der Waals surface area contributed by atoms with Crippen molar-refractivity contribution >= 4 is 41.4 Å². The molecule has 0 bridgehead atoms. The Labute approximate surface area is 255 Å². The van der Waals surface area contributed by atoms with Crippen LogP contribution in [0.3, 0.4) is 0 Å². The monoisotopic (exact) mass is 608 g/mol. The van der Waals surface area contributed by atoms with Crippen molar-refractivity contribution in [1.82, 2.24) is 0 Å². The summed E-state index contributed by atoms with van der Waals surface area (Å²) in [7, 11) is 2.47. The van der Waals surface area contributed by atoms with E-state index in [2.05, 4.69) is 14.8 Å². The number of halogens is 3. The number of para-hydroxylation sites is 1. The Bertz CT molecular complexity index is 1580. The lowest BCUT2D eigenvalue weighted by Crippen LogP contribution is -2.37. The van der Waals surface area contributed by atoms with Crippen LogP contribution in [0.15, 0.2) is 72.8 Å². The first-order valence-corrected chi connectivity index (χ1v) is 13.8. The SMILES string of the molecule is COC(=O)/C=C/c1cc(-c2ccc(C(=O)N(c3ccccc3/C=C/C(=O)OC)C(C)C)cc2C(F)(F)F)ccc1NC(C)C. The Balaban J connectivity index is 2.14. The van der Waals surface area contributed by atoms with Crippen molar-refractivity contribution in [2.45, 2.75) is 46.0 Å². The molecule has 10 heteroatoms. The number of esters is 2. The summed E-state index contributed by atoms with van der Waals surface area (Å²) in [5.74, 6) is -1.85. The third-order valence-electron chi connectivity index (χ3n) is 6.51. The lowest BCUT2D eigenvalue weighted by Gasteiger charge is -2.29. The highest BCUT2D eigenvalue weighted by Crippen LogP contribution is 2.39. The molecule has 0 saturated carbocycles. The molecule has 3 rings (SSSR count). The molecule has 7 nitrogen and oxygen atoms in total. The van der Waals surface area contributed by atoms with Crippen LogP contribution in [-0.2, 0) is 25.2 Å². The van der Waals surface area contributed by atoms with E-state index >= 15 is 0 Å². The van der Waals surface area contributed by atoms with Gasteiger partial charge in [0.2, 0.25) is 0 Å². The number of nitrogens with one attached hydrogen (secondary N) is 1. The fraction of sp³-hybridized carbons (Fsp3) is 0.265. The van der Waals surface area contributed by atoms with Gasteiger partial charge < -0.3 is 19.7 Å². The fourth-order valence-electron chi connectivity index (χ4n) is 4.53. The van der Waals surface area contributed by atoms with E-state index < -0.39 is 35.6 Å². The summed E-state index contributed by atoms with van der Waals surface area (Å²) in [6.45, 7) is 7.31. The van der Waals surface area contributed by atoms with E-state index in [0.29, 0.717) is 22.5 Å². The molecule has 0 heterocycles. The first-order valence-electron chi connectivity index (χ1n) is 13.8. The minimum atomic E-state index is -4.79. The summed E-state index contributed by atoms with van der Waals surface area (Å²) < 4.78 is 52.9. The summed E-state index contributed by atoms with van der Waals surface area (Å²) in [5, 5.41) is 3.22. The number of hydrogen-bond donors (Lipinski definition) is 1. The molecule has 1 amide bonds. The predicted molar refractivity (Wildman–Crippen MR) is 166 cm³/mol. The van der Waals surface area contributed by atoms with Gasteiger partial charge in [0.15, 0.2) is 0 Å². The third kappa shape index (κ3) is 8.37. The van der Waals surface area contributed by atoms with Gasteiger partial charge in [-0.25, -0.2) is 9.59 Å². The van der Waals surface area contributed by atoms with Crippen LogP contribution in [0.25, 0.3) is 23.3 Å². The van der Waals surface area contributed by atoms with E-state index in [1.54, 1.807) is 56.3 Å². The first kappa shape index (κ1) is 33.6. The zero-order valence-corrected chi connectivity index (χ0v) is 25.4. The molecule has 0 saturated heterocycles. The smallest absolute Gasteiger partial charge is 0.417 e. The van der Waals surface area contributed by atoms with Crippen molar-refractivity contribution in [3.05, 3.63) is 95.1 Å². The molecule has 0 spiro atoms. The molecule has 3 aromatic carbocycles. The predicted octanol–water partition coefficient (Wildman–Crippen LogP) is 7.62. The maximum Gasteiger partial charge on any atom is 0.417 e. The number of carbonyl (C=O) groups is 3. The Kier molecular flexibility index (Phi) is 11.1. The Morgan fingerprint density at radius 1 is 0.818 bits per heavy atom. The second kappa shape index (κ2) is 14.5. The summed E-state index contributed by atoms with van der Waals surface area (Å²) in [6, 6.07) is 14.6. The third-order valence-corrected chi connectivity index (χ3v) is 6.51. The molecule has 0 aromatic heterocycles. The number of carbonyl (C=O) groups excluding carboxylic acids is 3. The van der Waals surface area contributed by atoms with E-state index in [-0.39, 0.29) is 22.7 Å². The molecule has 0 aliphatic carbocycles. The van der Waals surface area contributed by atoms with Gasteiger partial charge in [-0.15, -0.1) is 0 Å². The number of rotatable bonds is 10. The van der Waals surface area contributed by atoms with Crippen molar-refractivity contribution < 1.29 is 37.0 Å². The van der Waals surface area contributed by atoms with Crippen LogP contribution < -0.4 is 10.2 Å². The van der Waals surface area contributed by atoms with Crippen LogP contribution >= 0.6 is 0 Å². The van der Waals surface area contributed by atoms with Crippen molar-refractivity contribution in [2.24, 2.45) is 0 Å². The van der Waals surface area contributed by atoms with Crippen LogP contribution in [0.1, 0.15) is 54.7 Å². The van der Waals surface area contributed by atoms with E-state index in [4.69, 9.17) is 0 Å². The molecule has 0 unspecified atom stereocenters. The number of amides is 1. The fourth-order valence-corrected chi connectivity index (χ4v) is 4.53. The molecular formula is C34H35F3N2O5. The highest BCUT2D eigenvalue weighted by atomic mass is 19.4. The van der Waals surface area contributed by atoms with E-state index in [1.165, 1.54) is 55.6 Å². The van der Waals surface area contributed by atoms with Crippen molar-refractivity contribution in [2.75, 3.05) is 24.4 Å². The van der Waals surface area contributed by atoms with Crippen LogP contribution in [0.4, 0.5) is 24.5 Å². The molecule has 44 heavy (non-hydrogen) atoms. The van der Waals surface area contributed by atoms with Crippen LogP contribution in [-0.4, -0.2) is 44.1 Å². The van der Waals surface area contributed by atoms with Crippen LogP contribution in [0.5, 0.6) is 0 Å². The number of benzene rings is 3. The van der Waals surface area contributed by atoms with Crippen molar-refractivity contribution in [3.63, 3.8) is 0 Å². The Morgan fingerprint density at radius 3 is 2.00 bits per heavy atom. The van der Waals surface area contributed by atoms with Gasteiger partial charge in [0, 0.05) is 35.5 Å². The van der Waals surface area contributed by atoms with Gasteiger partial charge in [0.1, 0.15) is 0 Å². The van der Waals surface area contributed by atoms with E-state index in [1.807, 2.05) is 13.8 Å². The lowest BCUT2D eigenvalue weighted by molar-refractivity contribution is -0.137. The average Bonchev–Trinajstić information content (AvgIpc) is 2.98. The Morgan fingerprint density at radius 2 is 1.43 bits per heavy atom. The minimum absolute atomic E-state index is 0.0205. The Hall–Kier alpha value is -4.86. The number of anilines is 2. The summed E-state index contributed by atoms with van der Waals surface area (Å²) in [6.07, 6.45) is 0.562. The molecule has 0 radical (unpaired) electrons. The lowest BCUT2D eigenvalue weighted by atomic mass is 9.94.